The van der Waals surface area contributed by atoms with Gasteiger partial charge in [-0.05, 0) is 63.8 Å². The van der Waals surface area contributed by atoms with E-state index in [2.05, 4.69) is 26.6 Å². The van der Waals surface area contributed by atoms with Crippen LogP contribution in [0.25, 0.3) is 0 Å². The lowest BCUT2D eigenvalue weighted by Crippen LogP contribution is -2.40. The summed E-state index contributed by atoms with van der Waals surface area (Å²) in [6.07, 6.45) is 13.1. The van der Waals surface area contributed by atoms with Crippen LogP contribution in [-0.4, -0.2) is 50.1 Å². The fourth-order valence-electron chi connectivity index (χ4n) is 3.74. The fourth-order valence-corrected chi connectivity index (χ4v) is 3.74. The summed E-state index contributed by atoms with van der Waals surface area (Å²) < 4.78 is 0. The van der Waals surface area contributed by atoms with E-state index in [1.807, 2.05) is 7.05 Å². The highest BCUT2D eigenvalue weighted by Gasteiger charge is 2.34. The first-order chi connectivity index (χ1) is 10.8. The Morgan fingerprint density at radius 1 is 1.26 bits per heavy atom. The van der Waals surface area contributed by atoms with E-state index in [-0.39, 0.29) is 24.0 Å². The van der Waals surface area contributed by atoms with Gasteiger partial charge in [-0.3, -0.25) is 4.99 Å². The van der Waals surface area contributed by atoms with E-state index >= 15 is 0 Å². The number of hydrogen-bond donors (Lipinski definition) is 2. The Morgan fingerprint density at radius 2 is 2.13 bits per heavy atom. The molecule has 0 amide bonds. The minimum atomic E-state index is 0. The quantitative estimate of drug-likeness (QED) is 0.293. The van der Waals surface area contributed by atoms with Gasteiger partial charge >= 0.3 is 0 Å². The van der Waals surface area contributed by atoms with Crippen LogP contribution in [0.2, 0.25) is 0 Å². The average Bonchev–Trinajstić information content (AvgIpc) is 3.30. The van der Waals surface area contributed by atoms with E-state index in [0.717, 1.165) is 31.0 Å². The molecule has 1 saturated heterocycles. The van der Waals surface area contributed by atoms with Crippen molar-refractivity contribution in [2.24, 2.45) is 10.9 Å². The Morgan fingerprint density at radius 3 is 2.83 bits per heavy atom. The molecule has 2 fully saturated rings. The normalized spacial score (nSPS) is 25.7. The number of nitrogens with zero attached hydrogens (tertiary/aromatic N) is 2. The zero-order chi connectivity index (χ0) is 15.2. The molecular weight excluding hydrogens is 399 g/mol. The third kappa shape index (κ3) is 6.25. The van der Waals surface area contributed by atoms with Crippen LogP contribution in [0, 0.1) is 5.92 Å². The van der Waals surface area contributed by atoms with Crippen LogP contribution in [0.4, 0.5) is 0 Å². The molecule has 0 aromatic carbocycles. The van der Waals surface area contributed by atoms with E-state index in [0.29, 0.717) is 0 Å². The third-order valence-electron chi connectivity index (χ3n) is 5.29. The molecule has 1 heterocycles. The first-order valence-electron chi connectivity index (χ1n) is 9.21. The number of likely N-dealkylation sites (tertiary alicyclic amines) is 1. The number of aliphatic imine (C=N–C) groups is 1. The smallest absolute Gasteiger partial charge is 0.190 e. The summed E-state index contributed by atoms with van der Waals surface area (Å²) in [5, 5.41) is 6.99. The first-order valence-corrected chi connectivity index (χ1v) is 9.21. The number of halogens is 1. The van der Waals surface area contributed by atoms with Gasteiger partial charge in [-0.2, -0.15) is 0 Å². The summed E-state index contributed by atoms with van der Waals surface area (Å²) in [6, 6.07) is 0.922. The van der Waals surface area contributed by atoms with Crippen LogP contribution in [-0.2, 0) is 0 Å². The first kappa shape index (κ1) is 19.0. The summed E-state index contributed by atoms with van der Waals surface area (Å²) >= 11 is 0. The molecule has 3 rings (SSSR count). The topological polar surface area (TPSA) is 39.7 Å². The largest absolute Gasteiger partial charge is 0.356 e. The minimum absolute atomic E-state index is 0. The van der Waals surface area contributed by atoms with Crippen molar-refractivity contribution in [1.82, 2.24) is 15.5 Å². The van der Waals surface area contributed by atoms with Crippen molar-refractivity contribution in [1.29, 1.82) is 0 Å². The van der Waals surface area contributed by atoms with E-state index in [1.54, 1.807) is 5.57 Å². The fraction of sp³-hybridized carbons (Fsp3) is 0.833. The summed E-state index contributed by atoms with van der Waals surface area (Å²) in [4.78, 5) is 7.04. The van der Waals surface area contributed by atoms with Gasteiger partial charge < -0.3 is 15.5 Å². The van der Waals surface area contributed by atoms with Crippen molar-refractivity contribution in [3.8, 4) is 0 Å². The monoisotopic (exact) mass is 432 g/mol. The van der Waals surface area contributed by atoms with Crippen molar-refractivity contribution in [3.63, 3.8) is 0 Å². The number of nitrogens with one attached hydrogen (secondary N) is 2. The SMILES string of the molecule is CN=C(NCCC1=CCCCC1)NCC1CCN(C2CC2)C1.I. The van der Waals surface area contributed by atoms with Crippen LogP contribution >= 0.6 is 24.0 Å². The van der Waals surface area contributed by atoms with E-state index in [4.69, 9.17) is 0 Å². The molecule has 2 N–H and O–H groups in total. The van der Waals surface area contributed by atoms with Crippen LogP contribution in [0.15, 0.2) is 16.6 Å². The predicted molar refractivity (Wildman–Crippen MR) is 109 cm³/mol. The van der Waals surface area contributed by atoms with E-state index in [9.17, 15) is 0 Å². The maximum Gasteiger partial charge on any atom is 0.190 e. The molecule has 1 saturated carbocycles. The maximum absolute atomic E-state index is 4.36. The van der Waals surface area contributed by atoms with Gasteiger partial charge in [0, 0.05) is 32.7 Å². The Kier molecular flexibility index (Phi) is 8.16. The van der Waals surface area contributed by atoms with E-state index in [1.165, 1.54) is 64.5 Å². The number of guanidine groups is 1. The van der Waals surface area contributed by atoms with Crippen molar-refractivity contribution < 1.29 is 0 Å². The molecular formula is C18H33IN4. The maximum atomic E-state index is 4.36. The molecule has 1 atom stereocenters. The van der Waals surface area contributed by atoms with Gasteiger partial charge in [0.2, 0.25) is 0 Å². The van der Waals surface area contributed by atoms with Gasteiger partial charge in [0.1, 0.15) is 0 Å². The zero-order valence-corrected chi connectivity index (χ0v) is 16.9. The molecule has 4 nitrogen and oxygen atoms in total. The van der Waals surface area contributed by atoms with Gasteiger partial charge in [0.05, 0.1) is 0 Å². The van der Waals surface area contributed by atoms with Crippen molar-refractivity contribution in [2.45, 2.75) is 57.4 Å². The summed E-state index contributed by atoms with van der Waals surface area (Å²) in [6.45, 7) is 4.65. The van der Waals surface area contributed by atoms with Crippen molar-refractivity contribution in [2.75, 3.05) is 33.2 Å². The second-order valence-electron chi connectivity index (χ2n) is 7.12. The van der Waals surface area contributed by atoms with Gasteiger partial charge in [0.15, 0.2) is 5.96 Å². The number of allylic oxidation sites excluding steroid dienone is 1. The molecule has 5 heteroatoms. The lowest BCUT2D eigenvalue weighted by molar-refractivity contribution is 0.314. The molecule has 1 aliphatic heterocycles. The molecule has 132 valence electrons. The van der Waals surface area contributed by atoms with E-state index < -0.39 is 0 Å². The predicted octanol–water partition coefficient (Wildman–Crippen LogP) is 3.14. The van der Waals surface area contributed by atoms with Crippen molar-refractivity contribution >= 4 is 29.9 Å². The van der Waals surface area contributed by atoms with Gasteiger partial charge in [-0.1, -0.05) is 11.6 Å². The highest BCUT2D eigenvalue weighted by atomic mass is 127. The third-order valence-corrected chi connectivity index (χ3v) is 5.29. The van der Waals surface area contributed by atoms with Crippen LogP contribution in [0.1, 0.15) is 51.4 Å². The molecule has 0 radical (unpaired) electrons. The van der Waals surface area contributed by atoms with Crippen LogP contribution < -0.4 is 10.6 Å². The molecule has 0 bridgehead atoms. The molecule has 1 unspecified atom stereocenters. The minimum Gasteiger partial charge on any atom is -0.356 e. The standard InChI is InChI=1S/C18H32N4.HI/c1-19-18(20-11-9-15-5-3-2-4-6-15)21-13-16-10-12-22(14-16)17-7-8-17;/h5,16-17H,2-4,6-14H2,1H3,(H2,19,20,21);1H. The summed E-state index contributed by atoms with van der Waals surface area (Å²) in [5.74, 6) is 1.77. The Balaban J connectivity index is 0.00000192. The van der Waals surface area contributed by atoms with Gasteiger partial charge in [-0.25, -0.2) is 0 Å². The Hall–Kier alpha value is -0.300. The summed E-state index contributed by atoms with van der Waals surface area (Å²) in [7, 11) is 1.88. The molecule has 0 aromatic heterocycles. The molecule has 3 aliphatic rings. The highest BCUT2D eigenvalue weighted by molar-refractivity contribution is 14.0. The second-order valence-corrected chi connectivity index (χ2v) is 7.12. The molecule has 0 aromatic rings. The molecule has 2 aliphatic carbocycles. The Bertz CT molecular complexity index is 417. The van der Waals surface area contributed by atoms with Gasteiger partial charge in [-0.15, -0.1) is 24.0 Å². The van der Waals surface area contributed by atoms with Crippen LogP contribution in [0.3, 0.4) is 0 Å². The summed E-state index contributed by atoms with van der Waals surface area (Å²) in [5.41, 5.74) is 1.63. The van der Waals surface area contributed by atoms with Crippen LogP contribution in [0.5, 0.6) is 0 Å². The average molecular weight is 432 g/mol. The second kappa shape index (κ2) is 9.87. The van der Waals surface area contributed by atoms with Crippen molar-refractivity contribution in [3.05, 3.63) is 11.6 Å². The number of rotatable bonds is 6. The lowest BCUT2D eigenvalue weighted by atomic mass is 9.97. The zero-order valence-electron chi connectivity index (χ0n) is 14.5. The molecule has 23 heavy (non-hydrogen) atoms. The molecule has 0 spiro atoms. The lowest BCUT2D eigenvalue weighted by Gasteiger charge is -2.18. The number of hydrogen-bond acceptors (Lipinski definition) is 2. The highest BCUT2D eigenvalue weighted by Crippen LogP contribution is 2.31. The Labute approximate surface area is 158 Å². The van der Waals surface area contributed by atoms with Gasteiger partial charge in [0.25, 0.3) is 0 Å².